The predicted molar refractivity (Wildman–Crippen MR) is 70.9 cm³/mol. The van der Waals surface area contributed by atoms with Gasteiger partial charge in [-0.15, -0.1) is 0 Å². The summed E-state index contributed by atoms with van der Waals surface area (Å²) < 4.78 is 5.98. The molecule has 88 valence electrons. The van der Waals surface area contributed by atoms with Crippen molar-refractivity contribution in [3.8, 4) is 0 Å². The maximum atomic E-state index is 5.98. The van der Waals surface area contributed by atoms with Crippen LogP contribution in [-0.4, -0.2) is 30.0 Å². The van der Waals surface area contributed by atoms with E-state index in [4.69, 9.17) is 4.74 Å². The van der Waals surface area contributed by atoms with Crippen LogP contribution < -0.4 is 0 Å². The van der Waals surface area contributed by atoms with E-state index in [-0.39, 0.29) is 0 Å². The highest BCUT2D eigenvalue weighted by Gasteiger charge is 2.49. The zero-order valence-corrected chi connectivity index (χ0v) is 11.9. The molecule has 2 fully saturated rings. The molecule has 0 spiro atoms. The van der Waals surface area contributed by atoms with E-state index in [9.17, 15) is 0 Å². The zero-order valence-electron chi connectivity index (χ0n) is 9.51. The number of hydrogen-bond donors (Lipinski definition) is 0. The van der Waals surface area contributed by atoms with Crippen molar-refractivity contribution in [1.29, 1.82) is 0 Å². The Balaban J connectivity index is 1.92. The third-order valence-corrected chi connectivity index (χ3v) is 5.65. The van der Waals surface area contributed by atoms with Crippen molar-refractivity contribution >= 4 is 27.7 Å². The Morgan fingerprint density at radius 1 is 1.47 bits per heavy atom. The van der Waals surface area contributed by atoms with Crippen molar-refractivity contribution in [2.75, 3.05) is 23.9 Å². The normalized spacial score (nSPS) is 36.0. The second-order valence-electron chi connectivity index (χ2n) is 4.97. The van der Waals surface area contributed by atoms with Crippen LogP contribution in [0.3, 0.4) is 0 Å². The summed E-state index contributed by atoms with van der Waals surface area (Å²) in [6.07, 6.45) is 9.54. The summed E-state index contributed by atoms with van der Waals surface area (Å²) in [5.41, 5.74) is 0.469. The summed E-state index contributed by atoms with van der Waals surface area (Å²) in [6.45, 7) is 0.992. The van der Waals surface area contributed by atoms with Crippen LogP contribution in [0.1, 0.15) is 32.1 Å². The first-order chi connectivity index (χ1) is 7.32. The van der Waals surface area contributed by atoms with Gasteiger partial charge >= 0.3 is 0 Å². The molecule has 1 nitrogen and oxygen atoms in total. The van der Waals surface area contributed by atoms with Crippen molar-refractivity contribution in [2.45, 2.75) is 38.2 Å². The fraction of sp³-hybridized carbons (Fsp3) is 1.00. The lowest BCUT2D eigenvalue weighted by Gasteiger charge is -2.32. The van der Waals surface area contributed by atoms with E-state index in [0.29, 0.717) is 11.5 Å². The Bertz CT molecular complexity index is 208. The fourth-order valence-electron chi connectivity index (χ4n) is 2.79. The van der Waals surface area contributed by atoms with Crippen LogP contribution >= 0.6 is 27.7 Å². The highest BCUT2D eigenvalue weighted by Crippen LogP contribution is 2.50. The average molecular weight is 293 g/mol. The van der Waals surface area contributed by atoms with Crippen molar-refractivity contribution in [3.05, 3.63) is 0 Å². The maximum Gasteiger partial charge on any atom is 0.0668 e. The summed E-state index contributed by atoms with van der Waals surface area (Å²) in [5, 5.41) is 1.13. The Hall–Kier alpha value is 0.790. The van der Waals surface area contributed by atoms with E-state index in [1.165, 1.54) is 37.9 Å². The van der Waals surface area contributed by atoms with Crippen molar-refractivity contribution < 1.29 is 4.74 Å². The first-order valence-electron chi connectivity index (χ1n) is 5.99. The van der Waals surface area contributed by atoms with Crippen LogP contribution in [0.15, 0.2) is 0 Å². The zero-order chi connectivity index (χ0) is 10.7. The molecule has 0 aromatic rings. The minimum Gasteiger partial charge on any atom is -0.377 e. The largest absolute Gasteiger partial charge is 0.377 e. The highest BCUT2D eigenvalue weighted by atomic mass is 79.9. The van der Waals surface area contributed by atoms with E-state index < -0.39 is 0 Å². The lowest BCUT2D eigenvalue weighted by atomic mass is 9.77. The van der Waals surface area contributed by atoms with Gasteiger partial charge in [-0.25, -0.2) is 0 Å². The molecule has 0 aromatic heterocycles. The molecule has 1 aliphatic heterocycles. The van der Waals surface area contributed by atoms with Gasteiger partial charge in [-0.1, -0.05) is 15.9 Å². The topological polar surface area (TPSA) is 9.23 Å². The van der Waals surface area contributed by atoms with Crippen LogP contribution in [0.2, 0.25) is 0 Å². The Morgan fingerprint density at radius 3 is 2.87 bits per heavy atom. The van der Waals surface area contributed by atoms with E-state index >= 15 is 0 Å². The summed E-state index contributed by atoms with van der Waals surface area (Å²) in [4.78, 5) is 0. The first kappa shape index (κ1) is 12.3. The summed E-state index contributed by atoms with van der Waals surface area (Å²) in [7, 11) is 0. The SMILES string of the molecule is CSCCCC1(CBr)CCOC1C1CC1. The molecular formula is C12H21BrOS. The first-order valence-corrected chi connectivity index (χ1v) is 8.50. The van der Waals surface area contributed by atoms with Gasteiger partial charge in [0.1, 0.15) is 0 Å². The molecule has 1 heterocycles. The number of thioether (sulfide) groups is 1. The molecule has 0 aromatic carbocycles. The van der Waals surface area contributed by atoms with Gasteiger partial charge in [-0.3, -0.25) is 0 Å². The third kappa shape index (κ3) is 2.73. The second-order valence-corrected chi connectivity index (χ2v) is 6.52. The number of alkyl halides is 1. The van der Waals surface area contributed by atoms with Gasteiger partial charge in [0.2, 0.25) is 0 Å². The molecular weight excluding hydrogens is 272 g/mol. The van der Waals surface area contributed by atoms with Gasteiger partial charge in [0.25, 0.3) is 0 Å². The molecule has 1 aliphatic carbocycles. The van der Waals surface area contributed by atoms with Gasteiger partial charge in [-0.05, 0) is 50.0 Å². The Kier molecular flexibility index (Phi) is 4.42. The van der Waals surface area contributed by atoms with Crippen LogP contribution in [0.25, 0.3) is 0 Å². The number of hydrogen-bond acceptors (Lipinski definition) is 2. The van der Waals surface area contributed by atoms with Gasteiger partial charge in [0.05, 0.1) is 6.10 Å². The van der Waals surface area contributed by atoms with Gasteiger partial charge in [0, 0.05) is 17.4 Å². The summed E-state index contributed by atoms with van der Waals surface area (Å²) >= 11 is 5.70. The molecule has 0 N–H and O–H groups in total. The van der Waals surface area contributed by atoms with Crippen LogP contribution in [0.5, 0.6) is 0 Å². The van der Waals surface area contributed by atoms with Gasteiger partial charge in [0.15, 0.2) is 0 Å². The Labute approximate surface area is 106 Å². The molecule has 3 heteroatoms. The maximum absolute atomic E-state index is 5.98. The number of halogens is 1. The molecule has 0 radical (unpaired) electrons. The minimum absolute atomic E-state index is 0.469. The van der Waals surface area contributed by atoms with E-state index in [1.807, 2.05) is 11.8 Å². The molecule has 0 bridgehead atoms. The van der Waals surface area contributed by atoms with Gasteiger partial charge in [-0.2, -0.15) is 11.8 Å². The number of rotatable bonds is 6. The van der Waals surface area contributed by atoms with Gasteiger partial charge < -0.3 is 4.74 Å². The van der Waals surface area contributed by atoms with Crippen molar-refractivity contribution in [2.24, 2.45) is 11.3 Å². The quantitative estimate of drug-likeness (QED) is 0.545. The predicted octanol–water partition coefficient (Wildman–Crippen LogP) is 3.71. The lowest BCUT2D eigenvalue weighted by molar-refractivity contribution is 0.0375. The monoisotopic (exact) mass is 292 g/mol. The Morgan fingerprint density at radius 2 is 2.27 bits per heavy atom. The molecule has 0 amide bonds. The average Bonchev–Trinajstić information content (AvgIpc) is 3.01. The summed E-state index contributed by atoms with van der Waals surface area (Å²) in [6, 6.07) is 0. The molecule has 1 saturated heterocycles. The molecule has 2 unspecified atom stereocenters. The van der Waals surface area contributed by atoms with Crippen molar-refractivity contribution in [1.82, 2.24) is 0 Å². The van der Waals surface area contributed by atoms with Crippen LogP contribution in [-0.2, 0) is 4.74 Å². The van der Waals surface area contributed by atoms with Crippen molar-refractivity contribution in [3.63, 3.8) is 0 Å². The minimum atomic E-state index is 0.469. The molecule has 1 saturated carbocycles. The fourth-order valence-corrected chi connectivity index (χ4v) is 4.10. The van der Waals surface area contributed by atoms with E-state index in [0.717, 1.165) is 17.9 Å². The smallest absolute Gasteiger partial charge is 0.0668 e. The third-order valence-electron chi connectivity index (χ3n) is 3.84. The number of ether oxygens (including phenoxy) is 1. The summed E-state index contributed by atoms with van der Waals surface area (Å²) in [5.74, 6) is 2.19. The highest BCUT2D eigenvalue weighted by molar-refractivity contribution is 9.09. The van der Waals surface area contributed by atoms with Crippen LogP contribution in [0, 0.1) is 11.3 Å². The van der Waals surface area contributed by atoms with E-state index in [2.05, 4.69) is 22.2 Å². The van der Waals surface area contributed by atoms with E-state index in [1.54, 1.807) is 0 Å². The lowest BCUT2D eigenvalue weighted by Crippen LogP contribution is -2.34. The molecule has 2 rings (SSSR count). The molecule has 2 aliphatic rings. The molecule has 15 heavy (non-hydrogen) atoms. The standard InChI is InChI=1S/C12H21BrOS/c1-15-8-2-5-12(9-13)6-7-14-11(12)10-3-4-10/h10-11H,2-9H2,1H3. The molecule has 2 atom stereocenters. The second kappa shape index (κ2) is 5.42. The van der Waals surface area contributed by atoms with Crippen LogP contribution in [0.4, 0.5) is 0 Å².